The van der Waals surface area contributed by atoms with E-state index in [4.69, 9.17) is 9.47 Å². The summed E-state index contributed by atoms with van der Waals surface area (Å²) in [5, 5.41) is 25.2. The van der Waals surface area contributed by atoms with Gasteiger partial charge in [-0.2, -0.15) is 0 Å². The van der Waals surface area contributed by atoms with E-state index in [1.54, 1.807) is 47.0 Å². The number of hydrogen-bond donors (Lipinski definition) is 2. The van der Waals surface area contributed by atoms with Crippen LogP contribution in [0, 0.1) is 0 Å². The van der Waals surface area contributed by atoms with Crippen molar-refractivity contribution in [2.75, 3.05) is 13.2 Å². The molecule has 0 saturated heterocycles. The summed E-state index contributed by atoms with van der Waals surface area (Å²) < 4.78 is 12.8. The SMILES string of the molecule is CC(C)(C)c1cc2c(O)c(c1)Sc1cc(C(C)(C)C)cc(c1CCOc1ccccc1)Sc1cc(C(C)(C)C)cc(c1O)Sc1cc(C(C)(C)C)cc(c1CCOc1ccccc1)S2. The van der Waals surface area contributed by atoms with Crippen molar-refractivity contribution >= 4 is 47.0 Å². The molecule has 0 unspecified atom stereocenters. The first kappa shape index (κ1) is 47.9. The lowest BCUT2D eigenvalue weighted by atomic mass is 9.86. The molecule has 336 valence electrons. The predicted molar refractivity (Wildman–Crippen MR) is 272 cm³/mol. The van der Waals surface area contributed by atoms with E-state index in [2.05, 4.69) is 132 Å². The molecule has 1 heterocycles. The molecule has 8 heteroatoms. The van der Waals surface area contributed by atoms with Crippen LogP contribution in [-0.4, -0.2) is 23.4 Å². The van der Waals surface area contributed by atoms with Crippen LogP contribution in [0.2, 0.25) is 0 Å². The van der Waals surface area contributed by atoms with Crippen molar-refractivity contribution in [2.45, 2.75) is 157 Å². The molecule has 4 nitrogen and oxygen atoms in total. The van der Waals surface area contributed by atoms with Crippen LogP contribution in [0.25, 0.3) is 0 Å². The van der Waals surface area contributed by atoms with Crippen LogP contribution in [0.3, 0.4) is 0 Å². The molecule has 0 amide bonds. The Kier molecular flexibility index (Phi) is 14.2. The quantitative estimate of drug-likeness (QED) is 0.156. The molecule has 0 saturated carbocycles. The summed E-state index contributed by atoms with van der Waals surface area (Å²) in [5.74, 6) is 2.20. The van der Waals surface area contributed by atoms with Gasteiger partial charge in [0.25, 0.3) is 0 Å². The maximum atomic E-state index is 12.6. The second kappa shape index (κ2) is 19.0. The number of aromatic hydroxyl groups is 2. The van der Waals surface area contributed by atoms with Gasteiger partial charge < -0.3 is 19.7 Å². The van der Waals surface area contributed by atoms with Gasteiger partial charge in [-0.05, 0) is 128 Å². The summed E-state index contributed by atoms with van der Waals surface area (Å²) in [7, 11) is 0. The van der Waals surface area contributed by atoms with Gasteiger partial charge >= 0.3 is 0 Å². The number of hydrogen-bond acceptors (Lipinski definition) is 8. The molecule has 1 aliphatic heterocycles. The van der Waals surface area contributed by atoms with Gasteiger partial charge in [-0.25, -0.2) is 0 Å². The standard InChI is InChI=1S/C56H64O4S4/c1-53(2,3)35-27-43-41(23-25-59-39-19-15-13-16-20-39)44(28-35)62-48-32-38(56(10,11)12)34-50(52(48)58)64-46-30-36(54(4,5)6)29-45(42(46)24-26-60-40-21-17-14-18-22-40)63-49-33-37(55(7,8)9)31-47(61-43)51(49)57/h13-22,27-34,57-58H,23-26H2,1-12H3. The monoisotopic (exact) mass is 928 g/mol. The highest BCUT2D eigenvalue weighted by atomic mass is 32.2. The average molecular weight is 929 g/mol. The van der Waals surface area contributed by atoms with Crippen LogP contribution in [-0.2, 0) is 34.5 Å². The average Bonchev–Trinajstić information content (AvgIpc) is 3.21. The Morgan fingerprint density at radius 3 is 0.828 bits per heavy atom. The van der Waals surface area contributed by atoms with Crippen LogP contribution in [0.4, 0.5) is 0 Å². The summed E-state index contributed by atoms with van der Waals surface area (Å²) in [6.45, 7) is 27.8. The Labute approximate surface area is 399 Å². The molecule has 0 spiro atoms. The highest BCUT2D eigenvalue weighted by Crippen LogP contribution is 2.53. The summed E-state index contributed by atoms with van der Waals surface area (Å²) in [4.78, 5) is 7.49. The zero-order chi connectivity index (χ0) is 46.2. The van der Waals surface area contributed by atoms with Gasteiger partial charge in [-0.3, -0.25) is 0 Å². The molecule has 64 heavy (non-hydrogen) atoms. The van der Waals surface area contributed by atoms with Gasteiger partial charge in [-0.1, -0.05) is 167 Å². The highest BCUT2D eigenvalue weighted by Gasteiger charge is 2.29. The van der Waals surface area contributed by atoms with Gasteiger partial charge in [0.1, 0.15) is 23.0 Å². The van der Waals surface area contributed by atoms with Crippen molar-refractivity contribution in [3.8, 4) is 23.0 Å². The van der Waals surface area contributed by atoms with E-state index >= 15 is 0 Å². The molecule has 8 bridgehead atoms. The minimum Gasteiger partial charge on any atom is -0.506 e. The number of rotatable bonds is 8. The molecule has 0 radical (unpaired) electrons. The minimum absolute atomic E-state index is 0.175. The summed E-state index contributed by atoms with van der Waals surface area (Å²) in [6.07, 6.45) is 1.25. The van der Waals surface area contributed by atoms with Crippen molar-refractivity contribution < 1.29 is 19.7 Å². The molecule has 0 atom stereocenters. The number of benzene rings is 6. The van der Waals surface area contributed by atoms with Crippen LogP contribution in [0.1, 0.15) is 116 Å². The topological polar surface area (TPSA) is 58.9 Å². The van der Waals surface area contributed by atoms with Crippen molar-refractivity contribution in [3.63, 3.8) is 0 Å². The van der Waals surface area contributed by atoms with E-state index in [0.717, 1.165) is 72.9 Å². The summed E-state index contributed by atoms with van der Waals surface area (Å²) in [6, 6.07) is 37.9. The fraction of sp³-hybridized carbons (Fsp3) is 0.357. The van der Waals surface area contributed by atoms with Crippen molar-refractivity contribution in [1.29, 1.82) is 0 Å². The number of ether oxygens (including phenoxy) is 2. The normalized spacial score (nSPS) is 13.4. The third-order valence-electron chi connectivity index (χ3n) is 11.5. The van der Waals surface area contributed by atoms with E-state index in [9.17, 15) is 10.2 Å². The highest BCUT2D eigenvalue weighted by molar-refractivity contribution is 8.01. The van der Waals surface area contributed by atoms with E-state index in [1.807, 2.05) is 60.7 Å². The minimum atomic E-state index is -0.189. The molecule has 7 rings (SSSR count). The lowest BCUT2D eigenvalue weighted by molar-refractivity contribution is 0.320. The zero-order valence-electron chi connectivity index (χ0n) is 39.6. The molecule has 0 aromatic heterocycles. The first-order valence-electron chi connectivity index (χ1n) is 22.2. The van der Waals surface area contributed by atoms with Crippen molar-refractivity contribution in [3.05, 3.63) is 143 Å². The van der Waals surface area contributed by atoms with E-state index in [1.165, 1.54) is 11.1 Å². The van der Waals surface area contributed by atoms with Gasteiger partial charge in [0.15, 0.2) is 0 Å². The first-order chi connectivity index (χ1) is 30.0. The smallest absolute Gasteiger partial charge is 0.143 e. The molecular formula is C56H64O4S4. The molecule has 2 N–H and O–H groups in total. The van der Waals surface area contributed by atoms with Crippen LogP contribution >= 0.6 is 47.0 Å². The lowest BCUT2D eigenvalue weighted by Crippen LogP contribution is -2.14. The number of phenolic OH excluding ortho intramolecular Hbond substituents is 2. The summed E-state index contributed by atoms with van der Waals surface area (Å²) in [5.41, 5.74) is 6.18. The van der Waals surface area contributed by atoms with Gasteiger partial charge in [-0.15, -0.1) is 0 Å². The molecule has 6 aromatic carbocycles. The maximum absolute atomic E-state index is 12.6. The molecule has 0 fully saturated rings. The number of fused-ring (bicyclic) bond motifs is 8. The molecule has 0 aliphatic carbocycles. The second-order valence-electron chi connectivity index (χ2n) is 20.8. The van der Waals surface area contributed by atoms with E-state index in [0.29, 0.717) is 26.1 Å². The van der Waals surface area contributed by atoms with Crippen molar-refractivity contribution in [1.82, 2.24) is 0 Å². The van der Waals surface area contributed by atoms with Gasteiger partial charge in [0.2, 0.25) is 0 Å². The van der Waals surface area contributed by atoms with Crippen LogP contribution in [0.5, 0.6) is 23.0 Å². The third-order valence-corrected chi connectivity index (χ3v) is 15.9. The van der Waals surface area contributed by atoms with Crippen LogP contribution in [0.15, 0.2) is 148 Å². The number of phenols is 2. The van der Waals surface area contributed by atoms with E-state index in [-0.39, 0.29) is 33.2 Å². The Morgan fingerprint density at radius 2 is 0.594 bits per heavy atom. The van der Waals surface area contributed by atoms with E-state index < -0.39 is 0 Å². The Morgan fingerprint density at radius 1 is 0.359 bits per heavy atom. The first-order valence-corrected chi connectivity index (χ1v) is 25.5. The van der Waals surface area contributed by atoms with Gasteiger partial charge in [0, 0.05) is 32.4 Å². The maximum Gasteiger partial charge on any atom is 0.143 e. The fourth-order valence-electron chi connectivity index (χ4n) is 7.35. The van der Waals surface area contributed by atoms with Crippen LogP contribution < -0.4 is 9.47 Å². The third kappa shape index (κ3) is 11.5. The lowest BCUT2D eigenvalue weighted by Gasteiger charge is -2.27. The zero-order valence-corrected chi connectivity index (χ0v) is 42.8. The largest absolute Gasteiger partial charge is 0.506 e. The van der Waals surface area contributed by atoms with Gasteiger partial charge in [0.05, 0.1) is 32.8 Å². The van der Waals surface area contributed by atoms with Crippen molar-refractivity contribution in [2.24, 2.45) is 0 Å². The molecule has 6 aromatic rings. The molecular weight excluding hydrogens is 865 g/mol. The molecule has 1 aliphatic rings. The summed E-state index contributed by atoms with van der Waals surface area (Å²) >= 11 is 6.51. The number of para-hydroxylation sites is 2. The Bertz CT molecular complexity index is 2330. The second-order valence-corrected chi connectivity index (χ2v) is 25.1. The Hall–Kier alpha value is -4.08. The fourth-order valence-corrected chi connectivity index (χ4v) is 12.2. The predicted octanol–water partition coefficient (Wildman–Crippen LogP) is 16.4. The Balaban J connectivity index is 1.51.